The van der Waals surface area contributed by atoms with E-state index in [4.69, 9.17) is 0 Å². The van der Waals surface area contributed by atoms with Crippen molar-refractivity contribution >= 4 is 23.3 Å². The predicted molar refractivity (Wildman–Crippen MR) is 82.4 cm³/mol. The van der Waals surface area contributed by atoms with Gasteiger partial charge in [0, 0.05) is 6.08 Å². The van der Waals surface area contributed by atoms with Crippen LogP contribution < -0.4 is 5.32 Å². The number of rotatable bonds is 5. The van der Waals surface area contributed by atoms with Crippen molar-refractivity contribution < 1.29 is 9.90 Å². The van der Waals surface area contributed by atoms with Gasteiger partial charge < -0.3 is 10.4 Å². The van der Waals surface area contributed by atoms with E-state index in [-0.39, 0.29) is 12.5 Å². The Balaban J connectivity index is 1.88. The zero-order valence-electron chi connectivity index (χ0n) is 11.2. The van der Waals surface area contributed by atoms with Gasteiger partial charge in [-0.15, -0.1) is 0 Å². The maximum atomic E-state index is 11.7. The highest BCUT2D eigenvalue weighted by Crippen LogP contribution is 2.21. The van der Waals surface area contributed by atoms with Crippen molar-refractivity contribution in [2.45, 2.75) is 12.5 Å². The van der Waals surface area contributed by atoms with Gasteiger partial charge in [-0.1, -0.05) is 30.3 Å². The number of carbonyl (C=O) groups excluding carboxylic acids is 1. The molecule has 1 aromatic carbocycles. The summed E-state index contributed by atoms with van der Waals surface area (Å²) in [5.74, 6) is -0.218. The number of benzene rings is 1. The van der Waals surface area contributed by atoms with Crippen LogP contribution >= 0.6 is 11.3 Å². The topological polar surface area (TPSA) is 49.3 Å². The van der Waals surface area contributed by atoms with Gasteiger partial charge in [0.05, 0.1) is 6.54 Å². The van der Waals surface area contributed by atoms with Crippen LogP contribution in [0.25, 0.3) is 6.08 Å². The molecule has 1 unspecified atom stereocenters. The van der Waals surface area contributed by atoms with Gasteiger partial charge in [-0.05, 0) is 41.0 Å². The molecule has 4 heteroatoms. The summed E-state index contributed by atoms with van der Waals surface area (Å²) in [6.45, 7) is 1.87. The van der Waals surface area contributed by atoms with Gasteiger partial charge in [0.1, 0.15) is 5.60 Å². The third-order valence-corrected chi connectivity index (χ3v) is 3.66. The van der Waals surface area contributed by atoms with Gasteiger partial charge in [-0.25, -0.2) is 0 Å². The molecular formula is C16H17NO2S. The van der Waals surface area contributed by atoms with Crippen LogP contribution in [-0.4, -0.2) is 17.6 Å². The molecule has 0 aliphatic carbocycles. The molecule has 104 valence electrons. The molecule has 3 nitrogen and oxygen atoms in total. The van der Waals surface area contributed by atoms with E-state index in [1.165, 1.54) is 17.4 Å². The van der Waals surface area contributed by atoms with Gasteiger partial charge in [0.25, 0.3) is 0 Å². The molecule has 2 aromatic rings. The summed E-state index contributed by atoms with van der Waals surface area (Å²) < 4.78 is 0. The zero-order chi connectivity index (χ0) is 14.4. The molecule has 0 spiro atoms. The van der Waals surface area contributed by atoms with E-state index in [1.807, 2.05) is 47.2 Å². The van der Waals surface area contributed by atoms with Crippen LogP contribution in [0.4, 0.5) is 0 Å². The van der Waals surface area contributed by atoms with Crippen LogP contribution in [0.2, 0.25) is 0 Å². The quantitative estimate of drug-likeness (QED) is 0.831. The smallest absolute Gasteiger partial charge is 0.244 e. The van der Waals surface area contributed by atoms with Crippen LogP contribution in [0.3, 0.4) is 0 Å². The molecule has 1 aromatic heterocycles. The average Bonchev–Trinajstić information content (AvgIpc) is 2.99. The minimum absolute atomic E-state index is 0.182. The molecule has 0 saturated carbocycles. The Labute approximate surface area is 122 Å². The fourth-order valence-electron chi connectivity index (χ4n) is 1.73. The van der Waals surface area contributed by atoms with E-state index in [0.717, 1.165) is 11.1 Å². The Bertz CT molecular complexity index is 574. The molecule has 0 saturated heterocycles. The molecular weight excluding hydrogens is 270 g/mol. The van der Waals surface area contributed by atoms with Crippen LogP contribution in [0.5, 0.6) is 0 Å². The first-order chi connectivity index (χ1) is 9.58. The summed E-state index contributed by atoms with van der Waals surface area (Å²) in [4.78, 5) is 11.7. The fourth-order valence-corrected chi connectivity index (χ4v) is 2.51. The molecule has 0 fully saturated rings. The first kappa shape index (κ1) is 14.5. The Kier molecular flexibility index (Phi) is 4.71. The third kappa shape index (κ3) is 4.05. The van der Waals surface area contributed by atoms with Gasteiger partial charge in [0.2, 0.25) is 5.91 Å². The Morgan fingerprint density at radius 1 is 1.35 bits per heavy atom. The lowest BCUT2D eigenvalue weighted by Gasteiger charge is -2.22. The van der Waals surface area contributed by atoms with E-state index < -0.39 is 5.60 Å². The second-order valence-corrected chi connectivity index (χ2v) is 5.53. The highest BCUT2D eigenvalue weighted by Gasteiger charge is 2.23. The van der Waals surface area contributed by atoms with Crippen molar-refractivity contribution in [1.82, 2.24) is 5.32 Å². The molecule has 0 aliphatic rings. The predicted octanol–water partition coefficient (Wildman–Crippen LogP) is 2.79. The van der Waals surface area contributed by atoms with Crippen molar-refractivity contribution in [3.63, 3.8) is 0 Å². The number of aliphatic hydroxyl groups is 1. The standard InChI is InChI=1S/C16H17NO2S/c1-16(19,14-9-10-20-11-14)12-17-15(18)8-7-13-5-3-2-4-6-13/h2-11,19H,12H2,1H3,(H,17,18). The zero-order valence-corrected chi connectivity index (χ0v) is 12.1. The first-order valence-electron chi connectivity index (χ1n) is 6.34. The van der Waals surface area contributed by atoms with E-state index in [9.17, 15) is 9.90 Å². The van der Waals surface area contributed by atoms with E-state index >= 15 is 0 Å². The van der Waals surface area contributed by atoms with E-state index in [0.29, 0.717) is 0 Å². The Morgan fingerprint density at radius 3 is 2.75 bits per heavy atom. The third-order valence-electron chi connectivity index (χ3n) is 2.98. The summed E-state index contributed by atoms with van der Waals surface area (Å²) in [5.41, 5.74) is 0.734. The van der Waals surface area contributed by atoms with Gasteiger partial charge >= 0.3 is 0 Å². The first-order valence-corrected chi connectivity index (χ1v) is 7.28. The summed E-state index contributed by atoms with van der Waals surface area (Å²) in [5, 5.41) is 16.8. The van der Waals surface area contributed by atoms with Crippen molar-refractivity contribution in [1.29, 1.82) is 0 Å². The Hall–Kier alpha value is -1.91. The average molecular weight is 287 g/mol. The van der Waals surface area contributed by atoms with Crippen LogP contribution in [-0.2, 0) is 10.4 Å². The molecule has 20 heavy (non-hydrogen) atoms. The molecule has 1 amide bonds. The lowest BCUT2D eigenvalue weighted by Crippen LogP contribution is -2.37. The monoisotopic (exact) mass is 287 g/mol. The minimum Gasteiger partial charge on any atom is -0.384 e. The van der Waals surface area contributed by atoms with Crippen LogP contribution in [0.1, 0.15) is 18.1 Å². The maximum Gasteiger partial charge on any atom is 0.244 e. The summed E-state index contributed by atoms with van der Waals surface area (Å²) in [6.07, 6.45) is 3.22. The molecule has 0 aliphatic heterocycles. The van der Waals surface area contributed by atoms with E-state index in [1.54, 1.807) is 13.0 Å². The number of thiophene rings is 1. The molecule has 1 atom stereocenters. The van der Waals surface area contributed by atoms with Crippen molar-refractivity contribution in [3.05, 3.63) is 64.4 Å². The largest absolute Gasteiger partial charge is 0.384 e. The fraction of sp³-hybridized carbons (Fsp3) is 0.188. The number of hydrogen-bond donors (Lipinski definition) is 2. The molecule has 0 radical (unpaired) electrons. The van der Waals surface area contributed by atoms with Crippen molar-refractivity contribution in [2.24, 2.45) is 0 Å². The highest BCUT2D eigenvalue weighted by molar-refractivity contribution is 7.08. The normalized spacial score (nSPS) is 14.1. The molecule has 2 N–H and O–H groups in total. The number of nitrogens with one attached hydrogen (secondary N) is 1. The summed E-state index contributed by atoms with van der Waals surface area (Å²) in [7, 11) is 0. The second kappa shape index (κ2) is 6.50. The van der Waals surface area contributed by atoms with Gasteiger partial charge in [-0.3, -0.25) is 4.79 Å². The van der Waals surface area contributed by atoms with E-state index in [2.05, 4.69) is 5.32 Å². The molecule has 1 heterocycles. The number of amides is 1. The summed E-state index contributed by atoms with van der Waals surface area (Å²) in [6, 6.07) is 11.5. The van der Waals surface area contributed by atoms with Crippen LogP contribution in [0.15, 0.2) is 53.2 Å². The SMILES string of the molecule is CC(O)(CNC(=O)C=Cc1ccccc1)c1ccsc1. The second-order valence-electron chi connectivity index (χ2n) is 4.75. The lowest BCUT2D eigenvalue weighted by atomic mass is 9.99. The number of hydrogen-bond acceptors (Lipinski definition) is 3. The van der Waals surface area contributed by atoms with Gasteiger partial charge in [0.15, 0.2) is 0 Å². The molecule has 2 rings (SSSR count). The van der Waals surface area contributed by atoms with Crippen LogP contribution in [0, 0.1) is 0 Å². The van der Waals surface area contributed by atoms with Crippen molar-refractivity contribution in [2.75, 3.05) is 6.54 Å². The van der Waals surface area contributed by atoms with Gasteiger partial charge in [-0.2, -0.15) is 11.3 Å². The summed E-state index contributed by atoms with van der Waals surface area (Å²) >= 11 is 1.52. The Morgan fingerprint density at radius 2 is 2.10 bits per heavy atom. The van der Waals surface area contributed by atoms with Crippen molar-refractivity contribution in [3.8, 4) is 0 Å². The molecule has 0 bridgehead atoms. The lowest BCUT2D eigenvalue weighted by molar-refractivity contribution is -0.117. The minimum atomic E-state index is -1.05. The number of carbonyl (C=O) groups is 1. The maximum absolute atomic E-state index is 11.7. The highest BCUT2D eigenvalue weighted by atomic mass is 32.1.